The van der Waals surface area contributed by atoms with Crippen LogP contribution in [0.2, 0.25) is 10.0 Å². The van der Waals surface area contributed by atoms with E-state index in [1.807, 2.05) is 0 Å². The van der Waals surface area contributed by atoms with Gasteiger partial charge < -0.3 is 8.92 Å². The van der Waals surface area contributed by atoms with Crippen molar-refractivity contribution in [3.05, 3.63) is 51.5 Å². The Morgan fingerprint density at radius 3 is 2.14 bits per heavy atom. The van der Waals surface area contributed by atoms with Crippen LogP contribution >= 0.6 is 23.2 Å². The van der Waals surface area contributed by atoms with Crippen molar-refractivity contribution in [3.8, 4) is 11.5 Å². The van der Waals surface area contributed by atoms with Crippen LogP contribution in [0.4, 0.5) is 0 Å². The van der Waals surface area contributed by atoms with E-state index in [1.54, 1.807) is 26.0 Å². The van der Waals surface area contributed by atoms with E-state index >= 15 is 0 Å². The van der Waals surface area contributed by atoms with E-state index in [4.69, 9.17) is 32.1 Å². The Kier molecular flexibility index (Phi) is 4.90. The van der Waals surface area contributed by atoms with Gasteiger partial charge >= 0.3 is 10.1 Å². The highest BCUT2D eigenvalue weighted by Crippen LogP contribution is 2.30. The average Bonchev–Trinajstić information content (AvgIpc) is 2.44. The lowest BCUT2D eigenvalue weighted by Gasteiger charge is -2.11. The lowest BCUT2D eigenvalue weighted by atomic mass is 10.1. The molecule has 0 atom stereocenters. The Balaban J connectivity index is 2.40. The van der Waals surface area contributed by atoms with Crippen molar-refractivity contribution in [3.63, 3.8) is 0 Å². The zero-order chi connectivity index (χ0) is 16.5. The number of benzene rings is 2. The molecule has 0 amide bonds. The predicted molar refractivity (Wildman–Crippen MR) is 86.7 cm³/mol. The summed E-state index contributed by atoms with van der Waals surface area (Å²) in [6, 6.07) is 7.25. The lowest BCUT2D eigenvalue weighted by Crippen LogP contribution is -2.10. The number of hydrogen-bond donors (Lipinski definition) is 0. The fourth-order valence-corrected chi connectivity index (χ4v) is 3.16. The van der Waals surface area contributed by atoms with Crippen LogP contribution in [-0.4, -0.2) is 15.5 Å². The molecule has 0 aromatic heterocycles. The van der Waals surface area contributed by atoms with Gasteiger partial charge in [-0.3, -0.25) is 0 Å². The molecular formula is C15H14Cl2O4S. The summed E-state index contributed by atoms with van der Waals surface area (Å²) in [6.07, 6.45) is 0. The first-order valence-corrected chi connectivity index (χ1v) is 8.46. The molecule has 0 fully saturated rings. The van der Waals surface area contributed by atoms with Crippen LogP contribution < -0.4 is 8.92 Å². The summed E-state index contributed by atoms with van der Waals surface area (Å²) in [4.78, 5) is -0.0426. The molecule has 22 heavy (non-hydrogen) atoms. The normalized spacial score (nSPS) is 11.3. The van der Waals surface area contributed by atoms with Crippen molar-refractivity contribution >= 4 is 33.3 Å². The molecule has 0 saturated heterocycles. The van der Waals surface area contributed by atoms with Gasteiger partial charge in [0.15, 0.2) is 0 Å². The Labute approximate surface area is 139 Å². The molecule has 0 aliphatic rings. The summed E-state index contributed by atoms with van der Waals surface area (Å²) in [5.74, 6) is 0.461. The van der Waals surface area contributed by atoms with E-state index < -0.39 is 10.1 Å². The number of methoxy groups -OCH3 is 1. The predicted octanol–water partition coefficient (Wildman–Crippen LogP) is 4.39. The number of rotatable bonds is 4. The monoisotopic (exact) mass is 360 g/mol. The third kappa shape index (κ3) is 3.48. The van der Waals surface area contributed by atoms with Gasteiger partial charge in [0.25, 0.3) is 0 Å². The van der Waals surface area contributed by atoms with Crippen LogP contribution in [0.5, 0.6) is 11.5 Å². The third-order valence-electron chi connectivity index (χ3n) is 3.03. The van der Waals surface area contributed by atoms with Crippen LogP contribution in [-0.2, 0) is 10.1 Å². The summed E-state index contributed by atoms with van der Waals surface area (Å²) in [5, 5.41) is 0.901. The fraction of sp³-hybridized carbons (Fsp3) is 0.200. The Hall–Kier alpha value is -1.43. The number of halogens is 2. The van der Waals surface area contributed by atoms with Gasteiger partial charge in [-0.2, -0.15) is 8.42 Å². The summed E-state index contributed by atoms with van der Waals surface area (Å²) in [6.45, 7) is 3.56. The maximum absolute atomic E-state index is 12.3. The second-order valence-electron chi connectivity index (χ2n) is 4.70. The van der Waals surface area contributed by atoms with Gasteiger partial charge in [-0.1, -0.05) is 23.2 Å². The zero-order valence-electron chi connectivity index (χ0n) is 12.2. The van der Waals surface area contributed by atoms with E-state index in [9.17, 15) is 8.42 Å². The maximum atomic E-state index is 12.3. The number of aryl methyl sites for hydroxylation is 2. The molecule has 118 valence electrons. The Morgan fingerprint density at radius 2 is 1.59 bits per heavy atom. The standard InChI is InChI=1S/C15H14Cl2O4S/c1-9-6-11(7-10(2)15(9)17)21-22(18,19)12-4-5-13(16)14(8-12)20-3/h4-8H,1-3H3. The summed E-state index contributed by atoms with van der Waals surface area (Å²) >= 11 is 11.9. The topological polar surface area (TPSA) is 52.6 Å². The fourth-order valence-electron chi connectivity index (χ4n) is 1.92. The Morgan fingerprint density at radius 1 is 1.00 bits per heavy atom. The van der Waals surface area contributed by atoms with Crippen molar-refractivity contribution < 1.29 is 17.3 Å². The largest absolute Gasteiger partial charge is 0.495 e. The van der Waals surface area contributed by atoms with E-state index in [-0.39, 0.29) is 16.4 Å². The van der Waals surface area contributed by atoms with E-state index in [2.05, 4.69) is 0 Å². The highest BCUT2D eigenvalue weighted by Gasteiger charge is 2.19. The lowest BCUT2D eigenvalue weighted by molar-refractivity contribution is 0.413. The van der Waals surface area contributed by atoms with Crippen molar-refractivity contribution in [2.45, 2.75) is 18.7 Å². The minimum absolute atomic E-state index is 0.0426. The molecule has 0 aliphatic heterocycles. The maximum Gasteiger partial charge on any atom is 0.339 e. The van der Waals surface area contributed by atoms with Crippen molar-refractivity contribution in [1.29, 1.82) is 0 Å². The van der Waals surface area contributed by atoms with Gasteiger partial charge in [-0.05, 0) is 49.2 Å². The van der Waals surface area contributed by atoms with Gasteiger partial charge in [0.1, 0.15) is 16.4 Å². The number of hydrogen-bond acceptors (Lipinski definition) is 4. The first-order chi connectivity index (χ1) is 10.2. The highest BCUT2D eigenvalue weighted by atomic mass is 35.5. The van der Waals surface area contributed by atoms with Gasteiger partial charge in [0.2, 0.25) is 0 Å². The van der Waals surface area contributed by atoms with Gasteiger partial charge in [0.05, 0.1) is 12.1 Å². The van der Waals surface area contributed by atoms with Crippen LogP contribution in [0, 0.1) is 13.8 Å². The summed E-state index contributed by atoms with van der Waals surface area (Å²) in [5.41, 5.74) is 1.47. The molecule has 0 saturated carbocycles. The van der Waals surface area contributed by atoms with Crippen molar-refractivity contribution in [2.24, 2.45) is 0 Å². The first-order valence-electron chi connectivity index (χ1n) is 6.29. The van der Waals surface area contributed by atoms with Crippen LogP contribution in [0.15, 0.2) is 35.2 Å². The summed E-state index contributed by atoms with van der Waals surface area (Å²) in [7, 11) is -2.58. The van der Waals surface area contributed by atoms with Crippen LogP contribution in [0.3, 0.4) is 0 Å². The molecule has 0 bridgehead atoms. The van der Waals surface area contributed by atoms with Crippen LogP contribution in [0.25, 0.3) is 0 Å². The smallest absolute Gasteiger partial charge is 0.339 e. The Bertz CT molecular complexity index is 793. The molecule has 0 radical (unpaired) electrons. The van der Waals surface area contributed by atoms with Gasteiger partial charge in [-0.15, -0.1) is 0 Å². The molecule has 2 rings (SSSR count). The van der Waals surface area contributed by atoms with Crippen molar-refractivity contribution in [2.75, 3.05) is 7.11 Å². The minimum Gasteiger partial charge on any atom is -0.495 e. The highest BCUT2D eigenvalue weighted by molar-refractivity contribution is 7.87. The molecule has 0 aliphatic carbocycles. The van der Waals surface area contributed by atoms with Gasteiger partial charge in [0, 0.05) is 11.1 Å². The second-order valence-corrected chi connectivity index (χ2v) is 7.04. The van der Waals surface area contributed by atoms with Crippen molar-refractivity contribution in [1.82, 2.24) is 0 Å². The van der Waals surface area contributed by atoms with E-state index in [0.717, 1.165) is 11.1 Å². The second kappa shape index (κ2) is 6.36. The molecule has 7 heteroatoms. The molecule has 2 aromatic rings. The third-order valence-corrected chi connectivity index (χ3v) is 5.18. The summed E-state index contributed by atoms with van der Waals surface area (Å²) < 4.78 is 34.8. The SMILES string of the molecule is COc1cc(S(=O)(=O)Oc2cc(C)c(Cl)c(C)c2)ccc1Cl. The van der Waals surface area contributed by atoms with E-state index in [0.29, 0.717) is 10.0 Å². The molecular weight excluding hydrogens is 347 g/mol. The molecule has 4 nitrogen and oxygen atoms in total. The zero-order valence-corrected chi connectivity index (χ0v) is 14.5. The molecule has 2 aromatic carbocycles. The molecule has 0 N–H and O–H groups in total. The van der Waals surface area contributed by atoms with Gasteiger partial charge in [-0.25, -0.2) is 0 Å². The minimum atomic E-state index is -3.99. The first kappa shape index (κ1) is 16.9. The van der Waals surface area contributed by atoms with Crippen LogP contribution in [0.1, 0.15) is 11.1 Å². The molecule has 0 spiro atoms. The average molecular weight is 361 g/mol. The quantitative estimate of drug-likeness (QED) is 0.758. The molecule has 0 unspecified atom stereocenters. The molecule has 0 heterocycles. The number of ether oxygens (including phenoxy) is 1. The van der Waals surface area contributed by atoms with E-state index in [1.165, 1.54) is 25.3 Å².